The van der Waals surface area contributed by atoms with E-state index >= 15 is 0 Å². The normalized spacial score (nSPS) is 17.8. The van der Waals surface area contributed by atoms with Gasteiger partial charge in [-0.05, 0) is 43.7 Å². The molecule has 0 unspecified atom stereocenters. The van der Waals surface area contributed by atoms with Crippen LogP contribution in [-0.2, 0) is 11.3 Å². The van der Waals surface area contributed by atoms with Gasteiger partial charge in [-0.25, -0.2) is 0 Å². The molecule has 8 heteroatoms. The summed E-state index contributed by atoms with van der Waals surface area (Å²) in [4.78, 5) is 30.2. The summed E-state index contributed by atoms with van der Waals surface area (Å²) in [7, 11) is 1.81. The first-order chi connectivity index (χ1) is 17.3. The Hall–Kier alpha value is -3.32. The second-order valence-electron chi connectivity index (χ2n) is 9.61. The van der Waals surface area contributed by atoms with Crippen LogP contribution in [0.25, 0.3) is 0 Å². The summed E-state index contributed by atoms with van der Waals surface area (Å²) >= 11 is 6.16. The molecule has 1 aliphatic heterocycles. The topological polar surface area (TPSA) is 67.7 Å². The highest BCUT2D eigenvalue weighted by Gasteiger charge is 2.36. The Kier molecular flexibility index (Phi) is 8.31. The van der Waals surface area contributed by atoms with E-state index in [-0.39, 0.29) is 36.3 Å². The molecule has 1 aliphatic rings. The van der Waals surface area contributed by atoms with Crippen LogP contribution in [0.2, 0.25) is 5.02 Å². The number of benzene rings is 2. The molecule has 2 heterocycles. The van der Waals surface area contributed by atoms with Crippen molar-refractivity contribution in [1.82, 2.24) is 19.6 Å². The maximum atomic E-state index is 13.4. The van der Waals surface area contributed by atoms with Crippen molar-refractivity contribution in [2.75, 3.05) is 20.1 Å². The van der Waals surface area contributed by atoms with Gasteiger partial charge in [0, 0.05) is 62.7 Å². The van der Waals surface area contributed by atoms with E-state index in [1.54, 1.807) is 34.0 Å². The summed E-state index contributed by atoms with van der Waals surface area (Å²) in [5.74, 6) is 0.450. The number of ether oxygens (including phenoxy) is 1. The molecule has 36 heavy (non-hydrogen) atoms. The molecule has 2 aromatic carbocycles. The molecular weight excluding hydrogens is 476 g/mol. The predicted molar refractivity (Wildman–Crippen MR) is 140 cm³/mol. The van der Waals surface area contributed by atoms with Gasteiger partial charge in [-0.1, -0.05) is 48.0 Å². The Bertz CT molecular complexity index is 1180. The molecule has 2 amide bonds. The fourth-order valence-electron chi connectivity index (χ4n) is 4.64. The highest BCUT2D eigenvalue weighted by Crippen LogP contribution is 2.29. The SMILES string of the molecule is CC(C)n1nccc1C(=O)N1CC[C@H](Oc2cccc(Cl)c2)[C@@H](CC(=O)N(C)Cc2ccccc2)C1. The summed E-state index contributed by atoms with van der Waals surface area (Å²) in [5, 5.41) is 4.91. The number of nitrogens with zero attached hydrogens (tertiary/aromatic N) is 4. The van der Waals surface area contributed by atoms with E-state index < -0.39 is 0 Å². The molecule has 0 saturated carbocycles. The number of hydrogen-bond acceptors (Lipinski definition) is 4. The summed E-state index contributed by atoms with van der Waals surface area (Å²) in [6.07, 6.45) is 2.34. The number of amides is 2. The fraction of sp³-hybridized carbons (Fsp3) is 0.393. The van der Waals surface area contributed by atoms with Gasteiger partial charge in [0.1, 0.15) is 17.5 Å². The number of aromatic nitrogens is 2. The third kappa shape index (κ3) is 6.26. The molecule has 0 spiro atoms. The van der Waals surface area contributed by atoms with E-state index in [0.717, 1.165) is 5.56 Å². The van der Waals surface area contributed by atoms with E-state index in [2.05, 4.69) is 5.10 Å². The van der Waals surface area contributed by atoms with Crippen molar-refractivity contribution in [2.45, 2.75) is 45.4 Å². The van der Waals surface area contributed by atoms with Gasteiger partial charge in [-0.2, -0.15) is 5.10 Å². The zero-order valence-corrected chi connectivity index (χ0v) is 21.8. The molecule has 4 rings (SSSR count). The van der Waals surface area contributed by atoms with Gasteiger partial charge in [0.25, 0.3) is 5.91 Å². The van der Waals surface area contributed by atoms with E-state index in [9.17, 15) is 9.59 Å². The van der Waals surface area contributed by atoms with E-state index in [0.29, 0.717) is 42.5 Å². The highest BCUT2D eigenvalue weighted by atomic mass is 35.5. The minimum absolute atomic E-state index is 0.0186. The zero-order valence-electron chi connectivity index (χ0n) is 21.0. The maximum absolute atomic E-state index is 13.4. The fourth-order valence-corrected chi connectivity index (χ4v) is 4.82. The molecule has 2 atom stereocenters. The first-order valence-electron chi connectivity index (χ1n) is 12.3. The van der Waals surface area contributed by atoms with Gasteiger partial charge in [-0.3, -0.25) is 14.3 Å². The first kappa shape index (κ1) is 25.8. The zero-order chi connectivity index (χ0) is 25.7. The van der Waals surface area contributed by atoms with Gasteiger partial charge in [0.15, 0.2) is 0 Å². The van der Waals surface area contributed by atoms with E-state index in [4.69, 9.17) is 16.3 Å². The van der Waals surface area contributed by atoms with Gasteiger partial charge in [-0.15, -0.1) is 0 Å². The summed E-state index contributed by atoms with van der Waals surface area (Å²) in [6, 6.07) is 19.0. The lowest BCUT2D eigenvalue weighted by Gasteiger charge is -2.39. The van der Waals surface area contributed by atoms with Crippen LogP contribution in [0.15, 0.2) is 66.9 Å². The lowest BCUT2D eigenvalue weighted by molar-refractivity contribution is -0.133. The van der Waals surface area contributed by atoms with Crippen LogP contribution in [0.1, 0.15) is 48.8 Å². The van der Waals surface area contributed by atoms with Crippen molar-refractivity contribution in [3.63, 3.8) is 0 Å². The molecule has 0 bridgehead atoms. The molecule has 7 nitrogen and oxygen atoms in total. The smallest absolute Gasteiger partial charge is 0.272 e. The number of likely N-dealkylation sites (tertiary alicyclic amines) is 1. The van der Waals surface area contributed by atoms with Crippen LogP contribution in [0.5, 0.6) is 5.75 Å². The molecule has 0 radical (unpaired) electrons. The lowest BCUT2D eigenvalue weighted by Crippen LogP contribution is -2.49. The molecule has 1 saturated heterocycles. The number of halogens is 1. The van der Waals surface area contributed by atoms with Crippen LogP contribution < -0.4 is 4.74 Å². The minimum atomic E-state index is -0.211. The second kappa shape index (κ2) is 11.6. The van der Waals surface area contributed by atoms with Crippen molar-refractivity contribution in [3.8, 4) is 5.75 Å². The van der Waals surface area contributed by atoms with Crippen molar-refractivity contribution in [2.24, 2.45) is 5.92 Å². The summed E-state index contributed by atoms with van der Waals surface area (Å²) < 4.78 is 8.06. The Morgan fingerprint density at radius 2 is 1.92 bits per heavy atom. The van der Waals surface area contributed by atoms with Crippen LogP contribution >= 0.6 is 11.6 Å². The number of rotatable bonds is 8. The van der Waals surface area contributed by atoms with Gasteiger partial charge < -0.3 is 14.5 Å². The van der Waals surface area contributed by atoms with Crippen LogP contribution in [0, 0.1) is 5.92 Å². The monoisotopic (exact) mass is 508 g/mol. The minimum Gasteiger partial charge on any atom is -0.490 e. The average molecular weight is 509 g/mol. The van der Waals surface area contributed by atoms with Gasteiger partial charge in [0.05, 0.1) is 0 Å². The van der Waals surface area contributed by atoms with Crippen LogP contribution in [0.3, 0.4) is 0 Å². The third-order valence-corrected chi connectivity index (χ3v) is 6.77. The third-order valence-electron chi connectivity index (χ3n) is 6.54. The number of carbonyl (C=O) groups excluding carboxylic acids is 2. The molecule has 0 N–H and O–H groups in total. The maximum Gasteiger partial charge on any atom is 0.272 e. The quantitative estimate of drug-likeness (QED) is 0.425. The average Bonchev–Trinajstić information content (AvgIpc) is 3.36. The largest absolute Gasteiger partial charge is 0.490 e. The van der Waals surface area contributed by atoms with Crippen LogP contribution in [0.4, 0.5) is 0 Å². The Morgan fingerprint density at radius 1 is 1.14 bits per heavy atom. The molecule has 1 fully saturated rings. The molecular formula is C28H33ClN4O3. The second-order valence-corrected chi connectivity index (χ2v) is 10.0. The molecule has 1 aromatic heterocycles. The number of hydrogen-bond donors (Lipinski definition) is 0. The standard InChI is InChI=1S/C28H33ClN4O3/c1-20(2)33-25(12-14-30-33)28(35)32-15-13-26(36-24-11-7-10-23(29)17-24)22(19-32)16-27(34)31(3)18-21-8-5-4-6-9-21/h4-12,14,17,20,22,26H,13,15-16,18-19H2,1-3H3/t22-,26-/m0/s1. The Morgan fingerprint density at radius 3 is 2.64 bits per heavy atom. The summed E-state index contributed by atoms with van der Waals surface area (Å²) in [6.45, 7) is 5.50. The van der Waals surface area contributed by atoms with E-state index in [1.807, 2.05) is 68.3 Å². The first-order valence-corrected chi connectivity index (χ1v) is 12.7. The Balaban J connectivity index is 1.50. The van der Waals surface area contributed by atoms with Gasteiger partial charge in [0.2, 0.25) is 5.91 Å². The predicted octanol–water partition coefficient (Wildman–Crippen LogP) is 5.08. The molecule has 0 aliphatic carbocycles. The Labute approximate surface area is 217 Å². The van der Waals surface area contributed by atoms with Crippen LogP contribution in [-0.4, -0.2) is 57.6 Å². The number of piperidine rings is 1. The highest BCUT2D eigenvalue weighted by molar-refractivity contribution is 6.30. The van der Waals surface area contributed by atoms with Crippen molar-refractivity contribution in [1.29, 1.82) is 0 Å². The van der Waals surface area contributed by atoms with Crippen molar-refractivity contribution in [3.05, 3.63) is 83.1 Å². The van der Waals surface area contributed by atoms with Crippen molar-refractivity contribution < 1.29 is 14.3 Å². The van der Waals surface area contributed by atoms with Crippen molar-refractivity contribution >= 4 is 23.4 Å². The summed E-state index contributed by atoms with van der Waals surface area (Å²) in [5.41, 5.74) is 1.63. The lowest BCUT2D eigenvalue weighted by atomic mass is 9.90. The van der Waals surface area contributed by atoms with Gasteiger partial charge >= 0.3 is 0 Å². The molecule has 3 aromatic rings. The molecule has 190 valence electrons. The van der Waals surface area contributed by atoms with E-state index in [1.165, 1.54) is 0 Å². The number of carbonyl (C=O) groups is 2.